The third-order valence-electron chi connectivity index (χ3n) is 6.28. The fourth-order valence-electron chi connectivity index (χ4n) is 4.31. The van der Waals surface area contributed by atoms with Crippen LogP contribution in [-0.2, 0) is 14.3 Å². The molecule has 3 amide bonds. The van der Waals surface area contributed by atoms with Gasteiger partial charge in [-0.2, -0.15) is 0 Å². The number of para-hydroxylation sites is 1. The Hall–Kier alpha value is -3.39. The van der Waals surface area contributed by atoms with Gasteiger partial charge in [0.2, 0.25) is 5.91 Å². The highest BCUT2D eigenvalue weighted by Gasteiger charge is 2.36. The first-order valence-corrected chi connectivity index (χ1v) is 13.8. The van der Waals surface area contributed by atoms with Crippen molar-refractivity contribution in [3.8, 4) is 0 Å². The molecule has 8 nitrogen and oxygen atoms in total. The van der Waals surface area contributed by atoms with Crippen LogP contribution < -0.4 is 10.6 Å². The maximum atomic E-state index is 13.9. The summed E-state index contributed by atoms with van der Waals surface area (Å²) in [5.41, 5.74) is 2.37. The number of benzene rings is 2. The monoisotopic (exact) mass is 539 g/mol. The number of aliphatic hydroxyl groups is 1. The van der Waals surface area contributed by atoms with Crippen LogP contribution in [0.25, 0.3) is 0 Å². The molecule has 0 heterocycles. The number of hydrogen-bond acceptors (Lipinski definition) is 5. The van der Waals surface area contributed by atoms with Gasteiger partial charge < -0.3 is 25.4 Å². The smallest absolute Gasteiger partial charge is 0.408 e. The number of amides is 3. The molecule has 0 spiro atoms. The molecule has 0 aliphatic carbocycles. The quantitative estimate of drug-likeness (QED) is 0.284. The van der Waals surface area contributed by atoms with Crippen molar-refractivity contribution in [1.82, 2.24) is 10.2 Å². The summed E-state index contributed by atoms with van der Waals surface area (Å²) in [6.45, 7) is 10.8. The Labute approximate surface area is 233 Å². The summed E-state index contributed by atoms with van der Waals surface area (Å²) in [4.78, 5) is 41.8. The second-order valence-corrected chi connectivity index (χ2v) is 10.9. The molecule has 0 saturated heterocycles. The lowest BCUT2D eigenvalue weighted by Gasteiger charge is -2.34. The molecule has 3 N–H and O–H groups in total. The molecule has 0 saturated carbocycles. The summed E-state index contributed by atoms with van der Waals surface area (Å²) in [6, 6.07) is 12.7. The van der Waals surface area contributed by atoms with Crippen molar-refractivity contribution in [1.29, 1.82) is 0 Å². The molecule has 2 aromatic carbocycles. The van der Waals surface area contributed by atoms with Crippen LogP contribution in [0.4, 0.5) is 10.5 Å². The lowest BCUT2D eigenvalue weighted by Crippen LogP contribution is -2.54. The van der Waals surface area contributed by atoms with Gasteiger partial charge in [0.25, 0.3) is 5.91 Å². The Bertz CT molecular complexity index is 1100. The van der Waals surface area contributed by atoms with E-state index in [1.807, 2.05) is 62.4 Å². The lowest BCUT2D eigenvalue weighted by atomic mass is 10.00. The van der Waals surface area contributed by atoms with E-state index in [9.17, 15) is 19.5 Å². The van der Waals surface area contributed by atoms with Gasteiger partial charge in [-0.25, -0.2) is 4.79 Å². The summed E-state index contributed by atoms with van der Waals surface area (Å²) in [5.74, 6) is -0.920. The van der Waals surface area contributed by atoms with Gasteiger partial charge in [-0.15, -0.1) is 0 Å². The normalized spacial score (nSPS) is 12.8. The Morgan fingerprint density at radius 1 is 0.974 bits per heavy atom. The third-order valence-corrected chi connectivity index (χ3v) is 6.28. The maximum absolute atomic E-state index is 13.9. The minimum absolute atomic E-state index is 0.287. The van der Waals surface area contributed by atoms with Gasteiger partial charge in [0.1, 0.15) is 17.7 Å². The Morgan fingerprint density at radius 2 is 1.67 bits per heavy atom. The molecule has 0 bridgehead atoms. The van der Waals surface area contributed by atoms with Gasteiger partial charge in [-0.05, 0) is 58.2 Å². The summed E-state index contributed by atoms with van der Waals surface area (Å²) in [6.07, 6.45) is 3.94. The van der Waals surface area contributed by atoms with E-state index in [2.05, 4.69) is 17.6 Å². The number of carbonyl (C=O) groups is 3. The number of anilines is 1. The number of hydrogen-bond donors (Lipinski definition) is 3. The second-order valence-electron chi connectivity index (χ2n) is 10.9. The summed E-state index contributed by atoms with van der Waals surface area (Å²) in [5, 5.41) is 15.6. The van der Waals surface area contributed by atoms with Crippen molar-refractivity contribution in [3.63, 3.8) is 0 Å². The van der Waals surface area contributed by atoms with Gasteiger partial charge in [0.05, 0.1) is 6.61 Å². The number of carbonyl (C=O) groups excluding carboxylic acids is 3. The van der Waals surface area contributed by atoms with Crippen molar-refractivity contribution in [2.75, 3.05) is 18.5 Å². The lowest BCUT2D eigenvalue weighted by molar-refractivity contribution is -0.141. The molecule has 0 fully saturated rings. The first-order chi connectivity index (χ1) is 18.5. The van der Waals surface area contributed by atoms with Crippen molar-refractivity contribution in [2.24, 2.45) is 0 Å². The molecule has 2 unspecified atom stereocenters. The van der Waals surface area contributed by atoms with Crippen molar-refractivity contribution >= 4 is 23.6 Å². The average molecular weight is 540 g/mol. The van der Waals surface area contributed by atoms with Gasteiger partial charge in [-0.1, -0.05) is 80.6 Å². The first kappa shape index (κ1) is 31.8. The van der Waals surface area contributed by atoms with Gasteiger partial charge >= 0.3 is 6.09 Å². The summed E-state index contributed by atoms with van der Waals surface area (Å²) >= 11 is 0. The van der Waals surface area contributed by atoms with Crippen molar-refractivity contribution in [2.45, 2.75) is 91.3 Å². The minimum atomic E-state index is -1.27. The summed E-state index contributed by atoms with van der Waals surface area (Å²) < 4.78 is 5.31. The molecule has 214 valence electrons. The SMILES string of the molecule is CCCCCCCN(C(=O)C(CO)NC(=O)OC(C)(C)C)C(C(=O)Nc1ccccc1C)c1cccc(C)c1. The standard InChI is InChI=1S/C31H45N3O5/c1-7-8-9-10-13-19-34(29(37)26(21-35)33-30(38)39-31(4,5)6)27(24-17-14-15-22(2)20-24)28(36)32-25-18-12-11-16-23(25)3/h11-12,14-18,20,26-27,35H,7-10,13,19,21H2,1-6H3,(H,32,36)(H,33,38). The van der Waals surface area contributed by atoms with Crippen LogP contribution in [0.1, 0.15) is 82.5 Å². The largest absolute Gasteiger partial charge is 0.444 e. The molecule has 2 aromatic rings. The van der Waals surface area contributed by atoms with E-state index in [-0.39, 0.29) is 12.5 Å². The molecular weight excluding hydrogens is 494 g/mol. The van der Waals surface area contributed by atoms with Crippen LogP contribution >= 0.6 is 0 Å². The molecule has 2 rings (SSSR count). The topological polar surface area (TPSA) is 108 Å². The van der Waals surface area contributed by atoms with E-state index < -0.39 is 36.3 Å². The fraction of sp³-hybridized carbons (Fsp3) is 0.516. The number of aryl methyl sites for hydroxylation is 2. The zero-order valence-corrected chi connectivity index (χ0v) is 24.3. The van der Waals surface area contributed by atoms with Crippen LogP contribution in [0.5, 0.6) is 0 Å². The predicted molar refractivity (Wildman–Crippen MR) is 154 cm³/mol. The number of nitrogens with one attached hydrogen (secondary N) is 2. The number of ether oxygens (including phenoxy) is 1. The molecule has 39 heavy (non-hydrogen) atoms. The molecule has 0 aliphatic heterocycles. The van der Waals surface area contributed by atoms with Crippen LogP contribution in [0.15, 0.2) is 48.5 Å². The van der Waals surface area contributed by atoms with Crippen molar-refractivity contribution < 1.29 is 24.2 Å². The van der Waals surface area contributed by atoms with Gasteiger partial charge in [0, 0.05) is 12.2 Å². The van der Waals surface area contributed by atoms with Gasteiger partial charge in [0.15, 0.2) is 0 Å². The van der Waals surface area contributed by atoms with Crippen LogP contribution in [0.2, 0.25) is 0 Å². The van der Waals surface area contributed by atoms with Crippen LogP contribution in [-0.4, -0.2) is 52.7 Å². The number of aliphatic hydroxyl groups excluding tert-OH is 1. The predicted octanol–water partition coefficient (Wildman–Crippen LogP) is 5.67. The van der Waals surface area contributed by atoms with E-state index in [1.165, 1.54) is 4.90 Å². The molecule has 0 aromatic heterocycles. The Morgan fingerprint density at radius 3 is 2.28 bits per heavy atom. The zero-order chi connectivity index (χ0) is 29.0. The molecule has 2 atom stereocenters. The fourth-order valence-corrected chi connectivity index (χ4v) is 4.31. The average Bonchev–Trinajstić information content (AvgIpc) is 2.86. The first-order valence-electron chi connectivity index (χ1n) is 13.8. The molecule has 0 aliphatic rings. The number of alkyl carbamates (subject to hydrolysis) is 1. The second kappa shape index (κ2) is 15.3. The van der Waals surface area contributed by atoms with E-state index >= 15 is 0 Å². The molecule has 0 radical (unpaired) electrons. The maximum Gasteiger partial charge on any atom is 0.408 e. The van der Waals surface area contributed by atoms with E-state index in [0.717, 1.165) is 36.8 Å². The zero-order valence-electron chi connectivity index (χ0n) is 24.3. The van der Waals surface area contributed by atoms with Crippen LogP contribution in [0, 0.1) is 13.8 Å². The highest BCUT2D eigenvalue weighted by atomic mass is 16.6. The highest BCUT2D eigenvalue weighted by Crippen LogP contribution is 2.27. The molecular formula is C31H45N3O5. The molecule has 8 heteroatoms. The van der Waals surface area contributed by atoms with E-state index in [0.29, 0.717) is 17.7 Å². The number of nitrogens with zero attached hydrogens (tertiary/aromatic N) is 1. The number of rotatable bonds is 13. The number of unbranched alkanes of at least 4 members (excludes halogenated alkanes) is 4. The third kappa shape index (κ3) is 10.4. The van der Waals surface area contributed by atoms with Crippen molar-refractivity contribution in [3.05, 3.63) is 65.2 Å². The summed E-state index contributed by atoms with van der Waals surface area (Å²) in [7, 11) is 0. The highest BCUT2D eigenvalue weighted by molar-refractivity contribution is 5.99. The van der Waals surface area contributed by atoms with Crippen LogP contribution in [0.3, 0.4) is 0 Å². The minimum Gasteiger partial charge on any atom is -0.444 e. The van der Waals surface area contributed by atoms with E-state index in [4.69, 9.17) is 4.74 Å². The van der Waals surface area contributed by atoms with Gasteiger partial charge in [-0.3, -0.25) is 9.59 Å². The Balaban J connectivity index is 2.47. The Kier molecular flexibility index (Phi) is 12.5. The van der Waals surface area contributed by atoms with E-state index in [1.54, 1.807) is 20.8 Å².